The van der Waals surface area contributed by atoms with Gasteiger partial charge >= 0.3 is 0 Å². The highest BCUT2D eigenvalue weighted by molar-refractivity contribution is 5.75. The van der Waals surface area contributed by atoms with E-state index in [1.807, 2.05) is 0 Å². The van der Waals surface area contributed by atoms with E-state index in [0.29, 0.717) is 25.9 Å². The number of aliphatic hydroxyl groups excluding tert-OH is 1. The molecule has 0 aliphatic heterocycles. The van der Waals surface area contributed by atoms with Crippen molar-refractivity contribution in [3.8, 4) is 0 Å². The SMILES string of the molecule is CC(C)(C)CC(O)CNC(=O)CCn1ccnn1. The van der Waals surface area contributed by atoms with E-state index >= 15 is 0 Å². The van der Waals surface area contributed by atoms with Crippen LogP contribution < -0.4 is 5.32 Å². The van der Waals surface area contributed by atoms with Gasteiger partial charge in [0.2, 0.25) is 5.91 Å². The van der Waals surface area contributed by atoms with Crippen molar-refractivity contribution in [3.63, 3.8) is 0 Å². The van der Waals surface area contributed by atoms with Crippen LogP contribution in [0.15, 0.2) is 12.4 Å². The lowest BCUT2D eigenvalue weighted by atomic mass is 9.89. The second-order valence-corrected chi connectivity index (χ2v) is 5.64. The molecule has 0 fully saturated rings. The Hall–Kier alpha value is -1.43. The lowest BCUT2D eigenvalue weighted by Gasteiger charge is -2.22. The Morgan fingerprint density at radius 1 is 1.50 bits per heavy atom. The van der Waals surface area contributed by atoms with Gasteiger partial charge in [0.25, 0.3) is 0 Å². The van der Waals surface area contributed by atoms with Crippen LogP contribution in [-0.2, 0) is 11.3 Å². The Balaban J connectivity index is 2.17. The molecule has 1 amide bonds. The molecule has 6 nitrogen and oxygen atoms in total. The molecule has 0 saturated heterocycles. The third kappa shape index (κ3) is 6.34. The summed E-state index contributed by atoms with van der Waals surface area (Å²) < 4.78 is 1.60. The highest BCUT2D eigenvalue weighted by Crippen LogP contribution is 2.20. The van der Waals surface area contributed by atoms with Crippen molar-refractivity contribution in [2.45, 2.75) is 46.3 Å². The van der Waals surface area contributed by atoms with Crippen molar-refractivity contribution in [2.75, 3.05) is 6.54 Å². The highest BCUT2D eigenvalue weighted by Gasteiger charge is 2.17. The second-order valence-electron chi connectivity index (χ2n) is 5.64. The second kappa shape index (κ2) is 6.49. The Labute approximate surface area is 107 Å². The van der Waals surface area contributed by atoms with E-state index in [1.54, 1.807) is 17.1 Å². The molecule has 6 heteroatoms. The molecule has 0 bridgehead atoms. The number of aromatic nitrogens is 3. The predicted octanol–water partition coefficient (Wildman–Crippen LogP) is 0.581. The maximum absolute atomic E-state index is 11.5. The molecule has 0 spiro atoms. The molecular weight excluding hydrogens is 232 g/mol. The summed E-state index contributed by atoms with van der Waals surface area (Å²) in [7, 11) is 0. The Kier molecular flexibility index (Phi) is 5.27. The van der Waals surface area contributed by atoms with E-state index in [-0.39, 0.29) is 11.3 Å². The van der Waals surface area contributed by atoms with Gasteiger partial charge < -0.3 is 10.4 Å². The summed E-state index contributed by atoms with van der Waals surface area (Å²) in [6.07, 6.45) is 3.79. The van der Waals surface area contributed by atoms with E-state index < -0.39 is 6.10 Å². The van der Waals surface area contributed by atoms with Crippen LogP contribution in [0, 0.1) is 5.41 Å². The number of aryl methyl sites for hydroxylation is 1. The van der Waals surface area contributed by atoms with Crippen LogP contribution >= 0.6 is 0 Å². The first-order valence-corrected chi connectivity index (χ1v) is 6.16. The van der Waals surface area contributed by atoms with Crippen molar-refractivity contribution >= 4 is 5.91 Å². The minimum absolute atomic E-state index is 0.0604. The summed E-state index contributed by atoms with van der Waals surface area (Å²) in [6, 6.07) is 0. The minimum atomic E-state index is -0.500. The summed E-state index contributed by atoms with van der Waals surface area (Å²) in [5.41, 5.74) is 0.0604. The molecule has 0 aliphatic carbocycles. The van der Waals surface area contributed by atoms with Gasteiger partial charge in [-0.25, -0.2) is 0 Å². The third-order valence-corrected chi connectivity index (χ3v) is 2.42. The summed E-state index contributed by atoms with van der Waals surface area (Å²) in [5, 5.41) is 19.9. The number of hydrogen-bond acceptors (Lipinski definition) is 4. The molecule has 0 radical (unpaired) electrons. The average molecular weight is 254 g/mol. The smallest absolute Gasteiger partial charge is 0.221 e. The van der Waals surface area contributed by atoms with Crippen LogP contribution in [0.2, 0.25) is 0 Å². The molecule has 1 heterocycles. The number of carbonyl (C=O) groups is 1. The van der Waals surface area contributed by atoms with Gasteiger partial charge in [0, 0.05) is 19.2 Å². The molecule has 1 aromatic heterocycles. The number of hydrogen-bond donors (Lipinski definition) is 2. The fourth-order valence-electron chi connectivity index (χ4n) is 1.67. The quantitative estimate of drug-likeness (QED) is 0.778. The van der Waals surface area contributed by atoms with Crippen LogP contribution in [0.5, 0.6) is 0 Å². The van der Waals surface area contributed by atoms with Gasteiger partial charge in [-0.2, -0.15) is 0 Å². The largest absolute Gasteiger partial charge is 0.391 e. The van der Waals surface area contributed by atoms with Crippen molar-refractivity contribution in [3.05, 3.63) is 12.4 Å². The van der Waals surface area contributed by atoms with Crippen LogP contribution in [0.1, 0.15) is 33.6 Å². The van der Waals surface area contributed by atoms with Crippen molar-refractivity contribution in [1.82, 2.24) is 20.3 Å². The molecule has 1 rings (SSSR count). The topological polar surface area (TPSA) is 80.0 Å². The summed E-state index contributed by atoms with van der Waals surface area (Å²) in [5.74, 6) is -0.0848. The molecule has 0 aliphatic rings. The molecule has 18 heavy (non-hydrogen) atoms. The van der Waals surface area contributed by atoms with Crippen molar-refractivity contribution in [2.24, 2.45) is 5.41 Å². The maximum Gasteiger partial charge on any atom is 0.221 e. The summed E-state index contributed by atoms with van der Waals surface area (Å²) in [4.78, 5) is 11.5. The van der Waals surface area contributed by atoms with Crippen molar-refractivity contribution in [1.29, 1.82) is 0 Å². The number of aliphatic hydroxyl groups is 1. The standard InChI is InChI=1S/C12H22N4O2/c1-12(2,3)8-10(17)9-13-11(18)4-6-16-7-5-14-15-16/h5,7,10,17H,4,6,8-9H2,1-3H3,(H,13,18). The lowest BCUT2D eigenvalue weighted by Crippen LogP contribution is -2.34. The molecule has 1 unspecified atom stereocenters. The Morgan fingerprint density at radius 3 is 2.78 bits per heavy atom. The maximum atomic E-state index is 11.5. The number of amides is 1. The molecule has 2 N–H and O–H groups in total. The van der Waals surface area contributed by atoms with Gasteiger partial charge in [-0.1, -0.05) is 26.0 Å². The fraction of sp³-hybridized carbons (Fsp3) is 0.750. The first kappa shape index (κ1) is 14.6. The monoisotopic (exact) mass is 254 g/mol. The predicted molar refractivity (Wildman–Crippen MR) is 67.7 cm³/mol. The van der Waals surface area contributed by atoms with Gasteiger partial charge in [0.15, 0.2) is 0 Å². The lowest BCUT2D eigenvalue weighted by molar-refractivity contribution is -0.121. The zero-order chi connectivity index (χ0) is 13.6. The van der Waals surface area contributed by atoms with E-state index in [1.165, 1.54) is 0 Å². The van der Waals surface area contributed by atoms with E-state index in [4.69, 9.17) is 0 Å². The number of rotatable bonds is 6. The van der Waals surface area contributed by atoms with Gasteiger partial charge in [-0.05, 0) is 11.8 Å². The Morgan fingerprint density at radius 2 is 2.22 bits per heavy atom. The molecule has 102 valence electrons. The van der Waals surface area contributed by atoms with Crippen LogP contribution in [0.25, 0.3) is 0 Å². The fourth-order valence-corrected chi connectivity index (χ4v) is 1.67. The molecular formula is C12H22N4O2. The van der Waals surface area contributed by atoms with Gasteiger partial charge in [0.1, 0.15) is 0 Å². The van der Waals surface area contributed by atoms with E-state index in [2.05, 4.69) is 36.4 Å². The first-order valence-electron chi connectivity index (χ1n) is 6.16. The molecule has 1 atom stereocenters. The molecule has 0 saturated carbocycles. The van der Waals surface area contributed by atoms with E-state index in [0.717, 1.165) is 0 Å². The summed E-state index contributed by atoms with van der Waals surface area (Å²) >= 11 is 0. The van der Waals surface area contributed by atoms with Crippen LogP contribution in [0.3, 0.4) is 0 Å². The zero-order valence-electron chi connectivity index (χ0n) is 11.3. The normalized spacial score (nSPS) is 13.3. The minimum Gasteiger partial charge on any atom is -0.391 e. The first-order chi connectivity index (χ1) is 8.37. The number of nitrogens with one attached hydrogen (secondary N) is 1. The van der Waals surface area contributed by atoms with Crippen LogP contribution in [0.4, 0.5) is 0 Å². The van der Waals surface area contributed by atoms with Crippen molar-refractivity contribution < 1.29 is 9.90 Å². The van der Waals surface area contributed by atoms with Gasteiger partial charge in [0.05, 0.1) is 18.8 Å². The average Bonchev–Trinajstić information content (AvgIpc) is 2.74. The Bertz CT molecular complexity index is 357. The van der Waals surface area contributed by atoms with Crippen LogP contribution in [-0.4, -0.2) is 38.7 Å². The molecule has 0 aromatic carbocycles. The third-order valence-electron chi connectivity index (χ3n) is 2.42. The van der Waals surface area contributed by atoms with Gasteiger partial charge in [-0.3, -0.25) is 9.48 Å². The highest BCUT2D eigenvalue weighted by atomic mass is 16.3. The zero-order valence-corrected chi connectivity index (χ0v) is 11.3. The number of carbonyl (C=O) groups excluding carboxylic acids is 1. The molecule has 1 aromatic rings. The summed E-state index contributed by atoms with van der Waals surface area (Å²) in [6.45, 7) is 6.98. The van der Waals surface area contributed by atoms with Gasteiger partial charge in [-0.15, -0.1) is 5.10 Å². The number of nitrogens with zero attached hydrogens (tertiary/aromatic N) is 3. The van der Waals surface area contributed by atoms with E-state index in [9.17, 15) is 9.90 Å².